The molecule has 13 heavy (non-hydrogen) atoms. The monoisotopic (exact) mass is 253 g/mol. The van der Waals surface area contributed by atoms with E-state index < -0.39 is 12.5 Å². The Morgan fingerprint density at radius 1 is 1.69 bits per heavy atom. The Morgan fingerprint density at radius 3 is 2.69 bits per heavy atom. The lowest BCUT2D eigenvalue weighted by atomic mass is 10.2. The van der Waals surface area contributed by atoms with Gasteiger partial charge in [-0.2, -0.15) is 5.10 Å². The average Bonchev–Trinajstić information content (AvgIpc) is 2.30. The van der Waals surface area contributed by atoms with Crippen LogP contribution in [0.1, 0.15) is 5.69 Å². The van der Waals surface area contributed by atoms with E-state index in [4.69, 9.17) is 5.73 Å². The van der Waals surface area contributed by atoms with Crippen LogP contribution in [-0.4, -0.2) is 22.2 Å². The van der Waals surface area contributed by atoms with E-state index in [9.17, 15) is 8.78 Å². The van der Waals surface area contributed by atoms with Crippen molar-refractivity contribution in [3.05, 3.63) is 16.4 Å². The Labute approximate surface area is 83.0 Å². The van der Waals surface area contributed by atoms with Crippen molar-refractivity contribution in [3.8, 4) is 0 Å². The van der Waals surface area contributed by atoms with Crippen LogP contribution in [0.25, 0.3) is 0 Å². The molecule has 0 fully saturated rings. The largest absolute Gasteiger partial charge is 0.323 e. The number of aryl methyl sites for hydroxylation is 1. The van der Waals surface area contributed by atoms with E-state index in [1.807, 2.05) is 0 Å². The van der Waals surface area contributed by atoms with Gasteiger partial charge in [-0.15, -0.1) is 0 Å². The number of nitrogens with two attached hydrogens (primary N) is 1. The first kappa shape index (κ1) is 10.6. The number of aromatic nitrogens is 2. The highest BCUT2D eigenvalue weighted by atomic mass is 79.9. The first-order chi connectivity index (χ1) is 6.00. The Hall–Kier alpha value is -0.490. The summed E-state index contributed by atoms with van der Waals surface area (Å²) in [6.45, 7) is 0. The maximum absolute atomic E-state index is 12.1. The summed E-state index contributed by atoms with van der Waals surface area (Å²) in [6.07, 6.45) is -2.36. The molecule has 0 bridgehead atoms. The predicted molar refractivity (Wildman–Crippen MR) is 48.6 cm³/mol. The van der Waals surface area contributed by atoms with E-state index in [2.05, 4.69) is 21.0 Å². The van der Waals surface area contributed by atoms with E-state index in [1.165, 1.54) is 4.68 Å². The Kier molecular flexibility index (Phi) is 3.38. The average molecular weight is 254 g/mol. The van der Waals surface area contributed by atoms with Gasteiger partial charge in [0.1, 0.15) is 4.60 Å². The molecule has 0 radical (unpaired) electrons. The van der Waals surface area contributed by atoms with Crippen LogP contribution in [0.5, 0.6) is 0 Å². The molecule has 1 heterocycles. The Balaban J connectivity index is 2.68. The molecule has 0 aromatic carbocycles. The SMILES string of the molecule is Cn1nc(Br)cc1CC(N)C(F)F. The van der Waals surface area contributed by atoms with Crippen molar-refractivity contribution >= 4 is 15.9 Å². The van der Waals surface area contributed by atoms with Gasteiger partial charge in [-0.25, -0.2) is 8.78 Å². The number of hydrogen-bond acceptors (Lipinski definition) is 2. The third-order valence-electron chi connectivity index (χ3n) is 1.72. The molecule has 0 spiro atoms. The van der Waals surface area contributed by atoms with Crippen molar-refractivity contribution in [3.63, 3.8) is 0 Å². The van der Waals surface area contributed by atoms with Crippen LogP contribution in [0, 0.1) is 0 Å². The maximum Gasteiger partial charge on any atom is 0.253 e. The fourth-order valence-corrected chi connectivity index (χ4v) is 1.49. The number of alkyl halides is 2. The predicted octanol–water partition coefficient (Wildman–Crippen LogP) is 1.32. The van der Waals surface area contributed by atoms with Gasteiger partial charge in [0.2, 0.25) is 0 Å². The third kappa shape index (κ3) is 2.73. The minimum atomic E-state index is -2.49. The van der Waals surface area contributed by atoms with Gasteiger partial charge in [0.15, 0.2) is 0 Å². The summed E-state index contributed by atoms with van der Waals surface area (Å²) in [5.74, 6) is 0. The van der Waals surface area contributed by atoms with Gasteiger partial charge in [0.25, 0.3) is 6.43 Å². The lowest BCUT2D eigenvalue weighted by Crippen LogP contribution is -2.31. The van der Waals surface area contributed by atoms with Gasteiger partial charge in [-0.3, -0.25) is 4.68 Å². The fraction of sp³-hybridized carbons (Fsp3) is 0.571. The van der Waals surface area contributed by atoms with Gasteiger partial charge in [0, 0.05) is 19.2 Å². The summed E-state index contributed by atoms with van der Waals surface area (Å²) in [5.41, 5.74) is 5.91. The van der Waals surface area contributed by atoms with E-state index in [1.54, 1.807) is 13.1 Å². The Bertz CT molecular complexity index is 287. The molecule has 0 amide bonds. The van der Waals surface area contributed by atoms with Crippen molar-refractivity contribution in [1.82, 2.24) is 9.78 Å². The first-order valence-corrected chi connectivity index (χ1v) is 4.52. The number of hydrogen-bond donors (Lipinski definition) is 1. The molecule has 0 aliphatic rings. The topological polar surface area (TPSA) is 43.8 Å². The third-order valence-corrected chi connectivity index (χ3v) is 2.10. The fourth-order valence-electron chi connectivity index (χ4n) is 0.989. The second kappa shape index (κ2) is 4.15. The van der Waals surface area contributed by atoms with Crippen molar-refractivity contribution in [1.29, 1.82) is 0 Å². The van der Waals surface area contributed by atoms with Crippen LogP contribution in [0.3, 0.4) is 0 Å². The lowest BCUT2D eigenvalue weighted by molar-refractivity contribution is 0.115. The zero-order valence-corrected chi connectivity index (χ0v) is 8.63. The molecule has 74 valence electrons. The summed E-state index contributed by atoms with van der Waals surface area (Å²) < 4.78 is 26.3. The van der Waals surface area contributed by atoms with Crippen LogP contribution in [0.2, 0.25) is 0 Å². The van der Waals surface area contributed by atoms with Crippen LogP contribution in [-0.2, 0) is 13.5 Å². The number of nitrogens with zero attached hydrogens (tertiary/aromatic N) is 2. The lowest BCUT2D eigenvalue weighted by Gasteiger charge is -2.09. The van der Waals surface area contributed by atoms with E-state index >= 15 is 0 Å². The van der Waals surface area contributed by atoms with E-state index in [-0.39, 0.29) is 6.42 Å². The summed E-state index contributed by atoms with van der Waals surface area (Å²) in [6, 6.07) is 0.560. The summed E-state index contributed by atoms with van der Waals surface area (Å²) in [4.78, 5) is 0. The molecule has 1 unspecified atom stereocenters. The molecule has 0 aliphatic carbocycles. The normalized spacial score (nSPS) is 13.7. The van der Waals surface area contributed by atoms with Gasteiger partial charge in [-0.05, 0) is 22.0 Å². The molecule has 1 aromatic heterocycles. The van der Waals surface area contributed by atoms with E-state index in [0.29, 0.717) is 10.3 Å². The molecule has 0 aliphatic heterocycles. The van der Waals surface area contributed by atoms with Crippen molar-refractivity contribution in [2.24, 2.45) is 12.8 Å². The van der Waals surface area contributed by atoms with Gasteiger partial charge < -0.3 is 5.73 Å². The molecular weight excluding hydrogens is 244 g/mol. The molecule has 6 heteroatoms. The molecule has 0 saturated heterocycles. The van der Waals surface area contributed by atoms with Crippen molar-refractivity contribution < 1.29 is 8.78 Å². The molecule has 0 saturated carbocycles. The highest BCUT2D eigenvalue weighted by Crippen LogP contribution is 2.12. The molecule has 1 rings (SSSR count). The molecular formula is C7H10BrF2N3. The minimum absolute atomic E-state index is 0.132. The van der Waals surface area contributed by atoms with Crippen LogP contribution in [0.15, 0.2) is 10.7 Å². The minimum Gasteiger partial charge on any atom is -0.323 e. The molecule has 1 atom stereocenters. The number of halogens is 3. The molecule has 3 nitrogen and oxygen atoms in total. The standard InChI is InChI=1S/C7H10BrF2N3/c1-13-4(3-6(8)12-13)2-5(11)7(9)10/h3,5,7H,2,11H2,1H3. The van der Waals surface area contributed by atoms with E-state index in [0.717, 1.165) is 0 Å². The summed E-state index contributed by atoms with van der Waals surface area (Å²) in [7, 11) is 1.69. The van der Waals surface area contributed by atoms with Crippen LogP contribution in [0.4, 0.5) is 8.78 Å². The second-order valence-corrected chi connectivity index (χ2v) is 3.60. The summed E-state index contributed by atoms with van der Waals surface area (Å²) >= 11 is 3.15. The summed E-state index contributed by atoms with van der Waals surface area (Å²) in [5, 5.41) is 3.96. The zero-order valence-electron chi connectivity index (χ0n) is 7.04. The zero-order chi connectivity index (χ0) is 10.0. The highest BCUT2D eigenvalue weighted by molar-refractivity contribution is 9.10. The molecule has 2 N–H and O–H groups in total. The Morgan fingerprint density at radius 2 is 2.31 bits per heavy atom. The van der Waals surface area contributed by atoms with Crippen molar-refractivity contribution in [2.75, 3.05) is 0 Å². The first-order valence-electron chi connectivity index (χ1n) is 3.73. The smallest absolute Gasteiger partial charge is 0.253 e. The number of rotatable bonds is 3. The van der Waals surface area contributed by atoms with Crippen LogP contribution < -0.4 is 5.73 Å². The molecule has 1 aromatic rings. The highest BCUT2D eigenvalue weighted by Gasteiger charge is 2.17. The second-order valence-electron chi connectivity index (χ2n) is 2.78. The van der Waals surface area contributed by atoms with Crippen LogP contribution >= 0.6 is 15.9 Å². The van der Waals surface area contributed by atoms with Gasteiger partial charge in [0.05, 0.1) is 6.04 Å². The van der Waals surface area contributed by atoms with Gasteiger partial charge >= 0.3 is 0 Å². The maximum atomic E-state index is 12.1. The quantitative estimate of drug-likeness (QED) is 0.883. The van der Waals surface area contributed by atoms with Gasteiger partial charge in [-0.1, -0.05) is 0 Å². The van der Waals surface area contributed by atoms with Crippen molar-refractivity contribution in [2.45, 2.75) is 18.9 Å².